The minimum Gasteiger partial charge on any atom is -0.461 e. The molecule has 1 heterocycles. The smallest absolute Gasteiger partial charge is 0.310 e. The van der Waals surface area contributed by atoms with Gasteiger partial charge in [0, 0.05) is 18.8 Å². The zero-order valence-electron chi connectivity index (χ0n) is 13.1. The van der Waals surface area contributed by atoms with Gasteiger partial charge in [0.15, 0.2) is 0 Å². The summed E-state index contributed by atoms with van der Waals surface area (Å²) in [6, 6.07) is 6.36. The first-order valence-corrected chi connectivity index (χ1v) is 7.71. The average Bonchev–Trinajstić information content (AvgIpc) is 2.48. The maximum atomic E-state index is 11.7. The van der Waals surface area contributed by atoms with E-state index in [1.165, 1.54) is 18.5 Å². The molecule has 3 heteroatoms. The van der Waals surface area contributed by atoms with E-state index < -0.39 is 0 Å². The molecule has 1 saturated heterocycles. The maximum absolute atomic E-state index is 11.7. The molecule has 1 aliphatic rings. The lowest BCUT2D eigenvalue weighted by molar-refractivity contribution is -0.141. The Morgan fingerprint density at radius 2 is 2.14 bits per heavy atom. The Kier molecular flexibility index (Phi) is 5.43. The predicted molar refractivity (Wildman–Crippen MR) is 86.7 cm³/mol. The van der Waals surface area contributed by atoms with Gasteiger partial charge in [0.2, 0.25) is 0 Å². The Labute approximate surface area is 127 Å². The second-order valence-corrected chi connectivity index (χ2v) is 5.93. The predicted octanol–water partition coefficient (Wildman–Crippen LogP) is 3.50. The molecule has 0 saturated carbocycles. The van der Waals surface area contributed by atoms with E-state index in [0.717, 1.165) is 30.1 Å². The van der Waals surface area contributed by atoms with Crippen LogP contribution in [0.15, 0.2) is 30.9 Å². The van der Waals surface area contributed by atoms with Crippen LogP contribution in [0.5, 0.6) is 0 Å². The average molecular weight is 287 g/mol. The number of nitrogens with zero attached hydrogens (tertiary/aromatic N) is 1. The molecule has 3 nitrogen and oxygen atoms in total. The summed E-state index contributed by atoms with van der Waals surface area (Å²) in [4.78, 5) is 14.1. The van der Waals surface area contributed by atoms with E-state index in [9.17, 15) is 4.79 Å². The third kappa shape index (κ3) is 4.35. The highest BCUT2D eigenvalue weighted by Gasteiger charge is 2.16. The van der Waals surface area contributed by atoms with Crippen molar-refractivity contribution in [1.82, 2.24) is 0 Å². The molecule has 0 unspecified atom stereocenters. The zero-order chi connectivity index (χ0) is 15.2. The number of ether oxygens (including phenoxy) is 1. The lowest BCUT2D eigenvalue weighted by Crippen LogP contribution is -2.32. The third-order valence-electron chi connectivity index (χ3n) is 4.17. The number of rotatable bonds is 5. The fourth-order valence-electron chi connectivity index (χ4n) is 2.70. The van der Waals surface area contributed by atoms with Crippen molar-refractivity contribution in [2.45, 2.75) is 33.1 Å². The Balaban J connectivity index is 2.00. The molecule has 0 amide bonds. The van der Waals surface area contributed by atoms with Crippen LogP contribution in [0.3, 0.4) is 0 Å². The Morgan fingerprint density at radius 3 is 2.76 bits per heavy atom. The first kappa shape index (κ1) is 15.6. The number of anilines is 1. The molecule has 114 valence electrons. The number of benzene rings is 1. The van der Waals surface area contributed by atoms with Crippen LogP contribution in [0, 0.1) is 12.8 Å². The normalized spacial score (nSPS) is 15.8. The largest absolute Gasteiger partial charge is 0.461 e. The van der Waals surface area contributed by atoms with Gasteiger partial charge in [-0.2, -0.15) is 0 Å². The number of piperidine rings is 1. The van der Waals surface area contributed by atoms with Crippen LogP contribution in [-0.4, -0.2) is 25.7 Å². The lowest BCUT2D eigenvalue weighted by Gasteiger charge is -2.32. The molecule has 0 spiro atoms. The molecule has 1 aromatic carbocycles. The minimum absolute atomic E-state index is 0.197. The molecular weight excluding hydrogens is 262 g/mol. The SMILES string of the molecule is C=CCOC(=O)Cc1ccc(N2CCC(C)CC2)cc1C. The van der Waals surface area contributed by atoms with Crippen molar-refractivity contribution in [2.24, 2.45) is 5.92 Å². The molecule has 0 atom stereocenters. The van der Waals surface area contributed by atoms with Crippen molar-refractivity contribution in [2.75, 3.05) is 24.6 Å². The van der Waals surface area contributed by atoms with Crippen molar-refractivity contribution in [3.05, 3.63) is 42.0 Å². The molecule has 2 rings (SSSR count). The maximum Gasteiger partial charge on any atom is 0.310 e. The van der Waals surface area contributed by atoms with Crippen LogP contribution in [0.4, 0.5) is 5.69 Å². The minimum atomic E-state index is -0.197. The molecule has 0 N–H and O–H groups in total. The molecule has 1 fully saturated rings. The zero-order valence-corrected chi connectivity index (χ0v) is 13.1. The number of hydrogen-bond donors (Lipinski definition) is 0. The summed E-state index contributed by atoms with van der Waals surface area (Å²) in [7, 11) is 0. The van der Waals surface area contributed by atoms with E-state index in [2.05, 4.69) is 43.5 Å². The van der Waals surface area contributed by atoms with Crippen molar-refractivity contribution in [3.8, 4) is 0 Å². The fraction of sp³-hybridized carbons (Fsp3) is 0.500. The summed E-state index contributed by atoms with van der Waals surface area (Å²) in [5.41, 5.74) is 3.46. The summed E-state index contributed by atoms with van der Waals surface area (Å²) in [5, 5.41) is 0. The monoisotopic (exact) mass is 287 g/mol. The van der Waals surface area contributed by atoms with Gasteiger partial charge in [0.05, 0.1) is 6.42 Å². The number of carbonyl (C=O) groups is 1. The highest BCUT2D eigenvalue weighted by molar-refractivity contribution is 5.73. The topological polar surface area (TPSA) is 29.5 Å². The fourth-order valence-corrected chi connectivity index (χ4v) is 2.70. The highest BCUT2D eigenvalue weighted by atomic mass is 16.5. The molecule has 0 radical (unpaired) electrons. The quantitative estimate of drug-likeness (QED) is 0.613. The van der Waals surface area contributed by atoms with E-state index in [4.69, 9.17) is 4.74 Å². The number of hydrogen-bond acceptors (Lipinski definition) is 3. The van der Waals surface area contributed by atoms with Gasteiger partial charge < -0.3 is 9.64 Å². The molecule has 0 aliphatic carbocycles. The third-order valence-corrected chi connectivity index (χ3v) is 4.17. The molecular formula is C18H25NO2. The van der Waals surface area contributed by atoms with E-state index in [1.807, 2.05) is 0 Å². The second kappa shape index (κ2) is 7.30. The standard InChI is InChI=1S/C18H25NO2/c1-4-11-21-18(20)13-16-5-6-17(12-15(16)3)19-9-7-14(2)8-10-19/h4-6,12,14H,1,7-11,13H2,2-3H3. The second-order valence-electron chi connectivity index (χ2n) is 5.93. The molecule has 0 bridgehead atoms. The van der Waals surface area contributed by atoms with Gasteiger partial charge in [-0.15, -0.1) is 0 Å². The van der Waals surface area contributed by atoms with Crippen LogP contribution in [0.1, 0.15) is 30.9 Å². The van der Waals surface area contributed by atoms with Crippen molar-refractivity contribution in [1.29, 1.82) is 0 Å². The molecule has 1 aliphatic heterocycles. The van der Waals surface area contributed by atoms with E-state index >= 15 is 0 Å². The number of aryl methyl sites for hydroxylation is 1. The molecule has 21 heavy (non-hydrogen) atoms. The Bertz CT molecular complexity index is 502. The molecule has 0 aromatic heterocycles. The van der Waals surface area contributed by atoms with E-state index in [0.29, 0.717) is 6.42 Å². The summed E-state index contributed by atoms with van der Waals surface area (Å²) in [5.74, 6) is 0.638. The van der Waals surface area contributed by atoms with Crippen molar-refractivity contribution >= 4 is 11.7 Å². The lowest BCUT2D eigenvalue weighted by atomic mass is 9.98. The van der Waals surface area contributed by atoms with Crippen LogP contribution < -0.4 is 4.90 Å². The van der Waals surface area contributed by atoms with Crippen LogP contribution in [-0.2, 0) is 16.0 Å². The number of esters is 1. The van der Waals surface area contributed by atoms with Crippen LogP contribution in [0.25, 0.3) is 0 Å². The van der Waals surface area contributed by atoms with E-state index in [-0.39, 0.29) is 12.6 Å². The van der Waals surface area contributed by atoms with Gasteiger partial charge >= 0.3 is 5.97 Å². The van der Waals surface area contributed by atoms with Crippen molar-refractivity contribution < 1.29 is 9.53 Å². The summed E-state index contributed by atoms with van der Waals surface area (Å²) < 4.78 is 5.04. The van der Waals surface area contributed by atoms with Crippen LogP contribution >= 0.6 is 0 Å². The van der Waals surface area contributed by atoms with Crippen molar-refractivity contribution in [3.63, 3.8) is 0 Å². The van der Waals surface area contributed by atoms with Gasteiger partial charge in [-0.3, -0.25) is 4.79 Å². The van der Waals surface area contributed by atoms with E-state index in [1.54, 1.807) is 6.08 Å². The Morgan fingerprint density at radius 1 is 1.43 bits per heavy atom. The summed E-state index contributed by atoms with van der Waals surface area (Å²) >= 11 is 0. The first-order valence-electron chi connectivity index (χ1n) is 7.71. The summed E-state index contributed by atoms with van der Waals surface area (Å²) in [6.07, 6.45) is 4.44. The van der Waals surface area contributed by atoms with Gasteiger partial charge in [-0.25, -0.2) is 0 Å². The van der Waals surface area contributed by atoms with Crippen LogP contribution in [0.2, 0.25) is 0 Å². The van der Waals surface area contributed by atoms with Gasteiger partial charge in [-0.05, 0) is 48.9 Å². The van der Waals surface area contributed by atoms with Gasteiger partial charge in [0.1, 0.15) is 6.61 Å². The molecule has 1 aromatic rings. The summed E-state index contributed by atoms with van der Waals surface area (Å²) in [6.45, 7) is 10.5. The Hall–Kier alpha value is -1.77. The number of carbonyl (C=O) groups excluding carboxylic acids is 1. The van der Waals surface area contributed by atoms with Gasteiger partial charge in [-0.1, -0.05) is 25.6 Å². The van der Waals surface area contributed by atoms with Gasteiger partial charge in [0.25, 0.3) is 0 Å². The first-order chi connectivity index (χ1) is 10.1. The highest BCUT2D eigenvalue weighted by Crippen LogP contribution is 2.25.